The van der Waals surface area contributed by atoms with Crippen molar-refractivity contribution in [2.75, 3.05) is 11.1 Å². The van der Waals surface area contributed by atoms with Crippen LogP contribution in [0, 0.1) is 26.0 Å². The van der Waals surface area contributed by atoms with Gasteiger partial charge in [-0.2, -0.15) is 4.39 Å². The number of halogens is 3. The van der Waals surface area contributed by atoms with Gasteiger partial charge in [0.05, 0.1) is 9.85 Å². The Morgan fingerprint density at radius 1 is 0.714 bits per heavy atom. The first kappa shape index (κ1) is 27.4. The van der Waals surface area contributed by atoms with Gasteiger partial charge < -0.3 is 11.1 Å². The van der Waals surface area contributed by atoms with E-state index in [1.54, 1.807) is 12.1 Å². The summed E-state index contributed by atoms with van der Waals surface area (Å²) in [5.74, 6) is -0.829. The van der Waals surface area contributed by atoms with Crippen molar-refractivity contribution in [2.24, 2.45) is 0 Å². The molecule has 0 atom stereocenters. The molecule has 0 saturated heterocycles. The summed E-state index contributed by atoms with van der Waals surface area (Å²) in [5, 5.41) is 24.0. The van der Waals surface area contributed by atoms with Gasteiger partial charge in [0.1, 0.15) is 5.69 Å². The van der Waals surface area contributed by atoms with Crippen LogP contribution >= 0.6 is 31.9 Å². The number of anilines is 3. The van der Waals surface area contributed by atoms with Gasteiger partial charge in [-0.1, -0.05) is 68.3 Å². The number of para-hydroxylation sites is 2. The molecule has 0 bridgehead atoms. The summed E-state index contributed by atoms with van der Waals surface area (Å²) >= 11 is 6.28. The van der Waals surface area contributed by atoms with E-state index in [1.165, 1.54) is 12.1 Å². The topological polar surface area (TPSA) is 124 Å². The molecule has 35 heavy (non-hydrogen) atoms. The quantitative estimate of drug-likeness (QED) is 0.138. The number of benzene rings is 4. The lowest BCUT2D eigenvalue weighted by Crippen LogP contribution is -1.96. The average Bonchev–Trinajstić information content (AvgIpc) is 2.81. The molecule has 4 aromatic rings. The lowest BCUT2D eigenvalue weighted by atomic mass is 10.2. The second-order valence-electron chi connectivity index (χ2n) is 6.67. The molecule has 0 aliphatic carbocycles. The van der Waals surface area contributed by atoms with E-state index in [-0.39, 0.29) is 5.69 Å². The molecule has 0 unspecified atom stereocenters. The van der Waals surface area contributed by atoms with Crippen LogP contribution in [0.2, 0.25) is 0 Å². The second kappa shape index (κ2) is 13.8. The highest BCUT2D eigenvalue weighted by atomic mass is 79.9. The molecule has 0 aliphatic heterocycles. The van der Waals surface area contributed by atoms with E-state index >= 15 is 0 Å². The van der Waals surface area contributed by atoms with Crippen molar-refractivity contribution in [2.45, 2.75) is 0 Å². The van der Waals surface area contributed by atoms with Crippen LogP contribution in [0.3, 0.4) is 0 Å². The maximum Gasteiger partial charge on any atom is 0.304 e. The fourth-order valence-corrected chi connectivity index (χ4v) is 3.22. The minimum absolute atomic E-state index is 0.0528. The van der Waals surface area contributed by atoms with Gasteiger partial charge in [0.15, 0.2) is 0 Å². The van der Waals surface area contributed by atoms with Gasteiger partial charge >= 0.3 is 5.69 Å². The molecular formula is C24H19Br2FN4O4. The summed E-state index contributed by atoms with van der Waals surface area (Å²) in [6.07, 6.45) is 0. The van der Waals surface area contributed by atoms with Gasteiger partial charge in [-0.05, 0) is 48.5 Å². The second-order valence-corrected chi connectivity index (χ2v) is 8.50. The van der Waals surface area contributed by atoms with Gasteiger partial charge in [-0.25, -0.2) is 0 Å². The summed E-state index contributed by atoms with van der Waals surface area (Å²) in [7, 11) is 0. The normalized spacial score (nSPS) is 9.57. The predicted molar refractivity (Wildman–Crippen MR) is 142 cm³/mol. The van der Waals surface area contributed by atoms with Crippen molar-refractivity contribution >= 4 is 60.3 Å². The van der Waals surface area contributed by atoms with Gasteiger partial charge in [0.25, 0.3) is 5.69 Å². The fraction of sp³-hybridized carbons (Fsp3) is 0. The van der Waals surface area contributed by atoms with Crippen LogP contribution in [0.15, 0.2) is 106 Å². The Morgan fingerprint density at radius 2 is 1.20 bits per heavy atom. The molecule has 0 fully saturated rings. The number of nitrogens with two attached hydrogens (primary N) is 1. The lowest BCUT2D eigenvalue weighted by molar-refractivity contribution is -0.387. The molecule has 180 valence electrons. The molecule has 4 rings (SSSR count). The number of nitrogens with one attached hydrogen (secondary N) is 1. The van der Waals surface area contributed by atoms with E-state index in [0.717, 1.165) is 28.0 Å². The summed E-state index contributed by atoms with van der Waals surface area (Å²) in [4.78, 5) is 19.8. The third kappa shape index (κ3) is 9.51. The Balaban J connectivity index is 0.000000205. The summed E-state index contributed by atoms with van der Waals surface area (Å²) in [6, 6.07) is 27.2. The fourth-order valence-electron chi connectivity index (χ4n) is 2.53. The van der Waals surface area contributed by atoms with Crippen molar-refractivity contribution in [1.82, 2.24) is 0 Å². The SMILES string of the molecule is Nc1ccccc1.O=[N+]([O-])c1ccc(Br)cc1F.O=[N+]([O-])c1ccc(Br)cc1Nc1ccccc1. The van der Waals surface area contributed by atoms with Crippen LogP contribution in [0.5, 0.6) is 0 Å². The first-order valence-electron chi connectivity index (χ1n) is 9.83. The van der Waals surface area contributed by atoms with E-state index in [2.05, 4.69) is 37.2 Å². The molecule has 0 radical (unpaired) electrons. The number of rotatable bonds is 4. The van der Waals surface area contributed by atoms with Crippen LogP contribution in [-0.4, -0.2) is 9.85 Å². The van der Waals surface area contributed by atoms with E-state index in [0.29, 0.717) is 10.2 Å². The van der Waals surface area contributed by atoms with E-state index in [1.807, 2.05) is 60.7 Å². The van der Waals surface area contributed by atoms with Crippen LogP contribution in [-0.2, 0) is 0 Å². The molecule has 0 aromatic heterocycles. The average molecular weight is 606 g/mol. The zero-order valence-electron chi connectivity index (χ0n) is 18.0. The molecule has 4 aromatic carbocycles. The van der Waals surface area contributed by atoms with Crippen molar-refractivity contribution in [3.8, 4) is 0 Å². The number of nitrogens with zero attached hydrogens (tertiary/aromatic N) is 2. The highest BCUT2D eigenvalue weighted by molar-refractivity contribution is 9.10. The number of nitro groups is 2. The number of nitrogen functional groups attached to an aromatic ring is 1. The number of hydrogen-bond acceptors (Lipinski definition) is 6. The van der Waals surface area contributed by atoms with Gasteiger partial charge in [0.2, 0.25) is 5.82 Å². The minimum Gasteiger partial charge on any atom is -0.399 e. The van der Waals surface area contributed by atoms with Crippen LogP contribution in [0.4, 0.5) is 32.8 Å². The third-order valence-corrected chi connectivity index (χ3v) is 5.10. The van der Waals surface area contributed by atoms with Crippen molar-refractivity contribution in [3.05, 3.63) is 132 Å². The smallest absolute Gasteiger partial charge is 0.304 e. The van der Waals surface area contributed by atoms with Crippen LogP contribution in [0.1, 0.15) is 0 Å². The van der Waals surface area contributed by atoms with Crippen LogP contribution < -0.4 is 11.1 Å². The van der Waals surface area contributed by atoms with E-state index < -0.39 is 21.4 Å². The highest BCUT2D eigenvalue weighted by Gasteiger charge is 2.14. The molecule has 11 heteroatoms. The Bertz CT molecular complexity index is 1280. The van der Waals surface area contributed by atoms with Crippen LogP contribution in [0.25, 0.3) is 0 Å². The summed E-state index contributed by atoms with van der Waals surface area (Å²) in [5.41, 5.74) is 7.01. The van der Waals surface area contributed by atoms with Crippen molar-refractivity contribution in [3.63, 3.8) is 0 Å². The largest absolute Gasteiger partial charge is 0.399 e. The molecule has 0 saturated carbocycles. The summed E-state index contributed by atoms with van der Waals surface area (Å²) < 4.78 is 13.9. The highest BCUT2D eigenvalue weighted by Crippen LogP contribution is 2.30. The molecule has 0 amide bonds. The maximum absolute atomic E-state index is 12.6. The molecule has 0 heterocycles. The third-order valence-electron chi connectivity index (χ3n) is 4.11. The molecule has 0 aliphatic rings. The van der Waals surface area contributed by atoms with Crippen molar-refractivity contribution < 1.29 is 14.2 Å². The Labute approximate surface area is 217 Å². The molecular weight excluding hydrogens is 587 g/mol. The Kier molecular flexibility index (Phi) is 10.8. The van der Waals surface area contributed by atoms with Gasteiger partial charge in [-0.15, -0.1) is 0 Å². The van der Waals surface area contributed by atoms with E-state index in [4.69, 9.17) is 5.73 Å². The molecule has 8 nitrogen and oxygen atoms in total. The Hall–Kier alpha value is -3.83. The lowest BCUT2D eigenvalue weighted by Gasteiger charge is -2.07. The monoisotopic (exact) mass is 604 g/mol. The zero-order valence-corrected chi connectivity index (χ0v) is 21.1. The number of hydrogen-bond donors (Lipinski definition) is 2. The Morgan fingerprint density at radius 3 is 1.66 bits per heavy atom. The minimum atomic E-state index is -0.829. The van der Waals surface area contributed by atoms with Gasteiger partial charge in [-0.3, -0.25) is 20.2 Å². The standard InChI is InChI=1S/C12H9BrN2O2.C6H3BrFNO2.C6H7N/c13-9-6-7-12(15(16)17)11(8-9)14-10-4-2-1-3-5-10;7-4-1-2-6(9(10)11)5(8)3-4;7-6-4-2-1-3-5-6/h1-8,14H;1-3H;1-5H,7H2. The molecule has 0 spiro atoms. The predicted octanol–water partition coefficient (Wildman–Crippen LogP) is 7.87. The summed E-state index contributed by atoms with van der Waals surface area (Å²) in [6.45, 7) is 0. The van der Waals surface area contributed by atoms with E-state index in [9.17, 15) is 24.6 Å². The first-order chi connectivity index (χ1) is 16.7. The maximum atomic E-state index is 12.6. The molecule has 3 N–H and O–H groups in total. The first-order valence-corrected chi connectivity index (χ1v) is 11.4. The van der Waals surface area contributed by atoms with Gasteiger partial charge in [0, 0.05) is 32.5 Å². The zero-order chi connectivity index (χ0) is 25.8. The number of nitro benzene ring substituents is 2. The van der Waals surface area contributed by atoms with Crippen molar-refractivity contribution in [1.29, 1.82) is 0 Å².